The second-order valence-corrected chi connectivity index (χ2v) is 4.74. The summed E-state index contributed by atoms with van der Waals surface area (Å²) in [6.45, 7) is 5.71. The second kappa shape index (κ2) is 8.58. The van der Waals surface area contributed by atoms with Gasteiger partial charge in [-0.1, -0.05) is 18.7 Å². The smallest absolute Gasteiger partial charge is 0.216 e. The van der Waals surface area contributed by atoms with E-state index in [1.165, 1.54) is 18.7 Å². The highest BCUT2D eigenvalue weighted by molar-refractivity contribution is 7.98. The molecule has 106 valence electrons. The van der Waals surface area contributed by atoms with Crippen molar-refractivity contribution in [2.45, 2.75) is 25.4 Å². The Balaban J connectivity index is 2.57. The normalized spacial score (nSPS) is 10.1. The van der Waals surface area contributed by atoms with E-state index >= 15 is 0 Å². The van der Waals surface area contributed by atoms with Crippen LogP contribution in [0.2, 0.25) is 0 Å². The first kappa shape index (κ1) is 15.6. The molecule has 0 atom stereocenters. The molecular weight excluding hydrogens is 262 g/mol. The number of nitrogens with one attached hydrogen (secondary N) is 3. The Bertz CT molecular complexity index is 413. The van der Waals surface area contributed by atoms with Crippen LogP contribution in [0.25, 0.3) is 0 Å². The zero-order valence-corrected chi connectivity index (χ0v) is 12.4. The minimum Gasteiger partial charge on any atom is -0.370 e. The van der Waals surface area contributed by atoms with Crippen LogP contribution in [0.15, 0.2) is 11.2 Å². The molecule has 0 bridgehead atoms. The van der Waals surface area contributed by atoms with Crippen molar-refractivity contribution in [3.63, 3.8) is 0 Å². The van der Waals surface area contributed by atoms with Gasteiger partial charge in [-0.3, -0.25) is 4.79 Å². The molecule has 0 unspecified atom stereocenters. The average molecular weight is 283 g/mol. The number of aromatic nitrogens is 2. The minimum absolute atomic E-state index is 0.0282. The molecule has 1 amide bonds. The maximum Gasteiger partial charge on any atom is 0.216 e. The highest BCUT2D eigenvalue weighted by Crippen LogP contribution is 2.16. The van der Waals surface area contributed by atoms with Crippen molar-refractivity contribution in [2.24, 2.45) is 0 Å². The van der Waals surface area contributed by atoms with Crippen LogP contribution in [0.3, 0.4) is 0 Å². The first-order valence-corrected chi connectivity index (χ1v) is 7.53. The molecular formula is C12H21N5OS. The molecule has 0 aromatic carbocycles. The molecule has 1 rings (SSSR count). The number of carbonyl (C=O) groups excluding carboxylic acids is 1. The highest BCUT2D eigenvalue weighted by Gasteiger charge is 2.03. The largest absolute Gasteiger partial charge is 0.370 e. The Hall–Kier alpha value is -1.50. The zero-order chi connectivity index (χ0) is 14.1. The third kappa shape index (κ3) is 6.28. The van der Waals surface area contributed by atoms with Gasteiger partial charge in [0.25, 0.3) is 0 Å². The fourth-order valence-corrected chi connectivity index (χ4v) is 1.76. The van der Waals surface area contributed by atoms with Gasteiger partial charge in [-0.2, -0.15) is 0 Å². The molecule has 1 heterocycles. The number of nitrogens with zero attached hydrogens (tertiary/aromatic N) is 2. The van der Waals surface area contributed by atoms with Gasteiger partial charge in [0.15, 0.2) is 5.16 Å². The van der Waals surface area contributed by atoms with Crippen molar-refractivity contribution in [3.8, 4) is 0 Å². The van der Waals surface area contributed by atoms with Crippen LogP contribution in [0, 0.1) is 0 Å². The molecule has 0 aliphatic carbocycles. The van der Waals surface area contributed by atoms with E-state index < -0.39 is 0 Å². The predicted molar refractivity (Wildman–Crippen MR) is 79.8 cm³/mol. The number of amides is 1. The van der Waals surface area contributed by atoms with E-state index in [0.717, 1.165) is 29.8 Å². The summed E-state index contributed by atoms with van der Waals surface area (Å²) in [5.41, 5.74) is 0. The maximum atomic E-state index is 10.8. The fourth-order valence-electron chi connectivity index (χ4n) is 1.38. The highest BCUT2D eigenvalue weighted by atomic mass is 32.2. The Labute approximate surface area is 118 Å². The lowest BCUT2D eigenvalue weighted by molar-refractivity contribution is -0.118. The lowest BCUT2D eigenvalue weighted by Gasteiger charge is -2.10. The van der Waals surface area contributed by atoms with Crippen LogP contribution in [0.4, 0.5) is 11.6 Å². The molecule has 0 saturated carbocycles. The maximum absolute atomic E-state index is 10.8. The number of rotatable bonds is 8. The first-order valence-electron chi connectivity index (χ1n) is 6.31. The summed E-state index contributed by atoms with van der Waals surface area (Å²) in [6.07, 6.45) is 2.99. The van der Waals surface area contributed by atoms with Gasteiger partial charge in [-0.05, 0) is 12.7 Å². The Morgan fingerprint density at radius 3 is 2.37 bits per heavy atom. The van der Waals surface area contributed by atoms with E-state index in [4.69, 9.17) is 0 Å². The van der Waals surface area contributed by atoms with Gasteiger partial charge in [0.2, 0.25) is 5.91 Å². The third-order valence-corrected chi connectivity index (χ3v) is 2.80. The van der Waals surface area contributed by atoms with Gasteiger partial charge in [0.05, 0.1) is 0 Å². The first-order chi connectivity index (χ1) is 9.15. The summed E-state index contributed by atoms with van der Waals surface area (Å²) in [7, 11) is 0. The van der Waals surface area contributed by atoms with Gasteiger partial charge in [0.1, 0.15) is 11.6 Å². The van der Waals surface area contributed by atoms with Crippen molar-refractivity contribution in [2.75, 3.05) is 36.5 Å². The number of hydrogen-bond donors (Lipinski definition) is 3. The molecule has 0 fully saturated rings. The fraction of sp³-hybridized carbons (Fsp3) is 0.583. The molecule has 0 aliphatic rings. The van der Waals surface area contributed by atoms with Crippen LogP contribution in [0.5, 0.6) is 0 Å². The lowest BCUT2D eigenvalue weighted by Crippen LogP contribution is -2.26. The van der Waals surface area contributed by atoms with Gasteiger partial charge >= 0.3 is 0 Å². The number of hydrogen-bond acceptors (Lipinski definition) is 6. The summed E-state index contributed by atoms with van der Waals surface area (Å²) in [5, 5.41) is 9.87. The quantitative estimate of drug-likeness (QED) is 0.382. The average Bonchev–Trinajstić information content (AvgIpc) is 2.41. The number of anilines is 2. The predicted octanol–water partition coefficient (Wildman–Crippen LogP) is 1.57. The van der Waals surface area contributed by atoms with Crippen molar-refractivity contribution in [1.82, 2.24) is 15.3 Å². The standard InChI is InChI=1S/C12H21N5OS/c1-4-5-14-10-8-11(17-12(16-10)19-3)15-7-6-13-9(2)18/h8H,4-7H2,1-3H3,(H,13,18)(H2,14,15,16,17). The number of carbonyl (C=O) groups is 1. The van der Waals surface area contributed by atoms with Crippen LogP contribution in [0.1, 0.15) is 20.3 Å². The number of thioether (sulfide) groups is 1. The van der Waals surface area contributed by atoms with Gasteiger partial charge in [-0.15, -0.1) is 0 Å². The zero-order valence-electron chi connectivity index (χ0n) is 11.6. The molecule has 7 heteroatoms. The molecule has 19 heavy (non-hydrogen) atoms. The second-order valence-electron chi connectivity index (χ2n) is 3.96. The summed E-state index contributed by atoms with van der Waals surface area (Å²) < 4.78 is 0. The van der Waals surface area contributed by atoms with Gasteiger partial charge < -0.3 is 16.0 Å². The molecule has 1 aromatic heterocycles. The molecule has 3 N–H and O–H groups in total. The summed E-state index contributed by atoms with van der Waals surface area (Å²) in [4.78, 5) is 19.5. The molecule has 0 aliphatic heterocycles. The monoisotopic (exact) mass is 283 g/mol. The van der Waals surface area contributed by atoms with E-state index in [0.29, 0.717) is 13.1 Å². The van der Waals surface area contributed by atoms with E-state index in [2.05, 4.69) is 32.8 Å². The molecule has 1 aromatic rings. The van der Waals surface area contributed by atoms with Crippen molar-refractivity contribution < 1.29 is 4.79 Å². The molecule has 0 spiro atoms. The Morgan fingerprint density at radius 1 is 1.21 bits per heavy atom. The van der Waals surface area contributed by atoms with Crippen LogP contribution in [-0.2, 0) is 4.79 Å². The molecule has 0 saturated heterocycles. The van der Waals surface area contributed by atoms with Crippen LogP contribution in [-0.4, -0.2) is 41.8 Å². The lowest BCUT2D eigenvalue weighted by atomic mass is 10.4. The Kier molecular flexibility index (Phi) is 7.02. The minimum atomic E-state index is -0.0282. The summed E-state index contributed by atoms with van der Waals surface area (Å²) >= 11 is 1.50. The van der Waals surface area contributed by atoms with Gasteiger partial charge in [-0.25, -0.2) is 9.97 Å². The van der Waals surface area contributed by atoms with Crippen molar-refractivity contribution in [1.29, 1.82) is 0 Å². The SMILES string of the molecule is CCCNc1cc(NCCNC(C)=O)nc(SC)n1. The molecule has 6 nitrogen and oxygen atoms in total. The topological polar surface area (TPSA) is 78.9 Å². The Morgan fingerprint density at radius 2 is 1.84 bits per heavy atom. The summed E-state index contributed by atoms with van der Waals surface area (Å²) in [6, 6.07) is 1.88. The van der Waals surface area contributed by atoms with E-state index in [-0.39, 0.29) is 5.91 Å². The summed E-state index contributed by atoms with van der Waals surface area (Å²) in [5.74, 6) is 1.56. The van der Waals surface area contributed by atoms with Crippen molar-refractivity contribution in [3.05, 3.63) is 6.07 Å². The third-order valence-electron chi connectivity index (χ3n) is 2.25. The van der Waals surface area contributed by atoms with Gasteiger partial charge in [0, 0.05) is 32.6 Å². The van der Waals surface area contributed by atoms with Crippen molar-refractivity contribution >= 4 is 29.3 Å². The van der Waals surface area contributed by atoms with E-state index in [9.17, 15) is 4.79 Å². The molecule has 0 radical (unpaired) electrons. The van der Waals surface area contributed by atoms with Crippen LogP contribution < -0.4 is 16.0 Å². The van der Waals surface area contributed by atoms with Crippen LogP contribution >= 0.6 is 11.8 Å². The van der Waals surface area contributed by atoms with E-state index in [1.807, 2.05) is 12.3 Å². The van der Waals surface area contributed by atoms with E-state index in [1.54, 1.807) is 0 Å².